The molecule has 2 saturated heterocycles. The number of piperidine rings is 2. The van der Waals surface area contributed by atoms with Gasteiger partial charge in [-0.3, -0.25) is 9.59 Å². The Morgan fingerprint density at radius 3 is 2.28 bits per heavy atom. The van der Waals surface area contributed by atoms with Crippen molar-refractivity contribution in [1.82, 2.24) is 10.2 Å². The molecule has 0 bridgehead atoms. The third-order valence-corrected chi connectivity index (χ3v) is 4.41. The number of rotatable bonds is 2. The maximum absolute atomic E-state index is 12.5. The van der Waals surface area contributed by atoms with Gasteiger partial charge in [0.15, 0.2) is 0 Å². The van der Waals surface area contributed by atoms with Gasteiger partial charge in [-0.05, 0) is 38.8 Å². The van der Waals surface area contributed by atoms with Crippen molar-refractivity contribution >= 4 is 11.8 Å². The first-order valence-corrected chi connectivity index (χ1v) is 6.82. The summed E-state index contributed by atoms with van der Waals surface area (Å²) in [5.74, 6) is -0.0167. The molecule has 102 valence electrons. The van der Waals surface area contributed by atoms with Crippen LogP contribution in [-0.4, -0.2) is 42.9 Å². The van der Waals surface area contributed by atoms with Gasteiger partial charge in [0.25, 0.3) is 0 Å². The Balaban J connectivity index is 1.92. The molecule has 2 fully saturated rings. The number of nitrogens with one attached hydrogen (secondary N) is 1. The van der Waals surface area contributed by atoms with Gasteiger partial charge in [0.1, 0.15) is 0 Å². The minimum atomic E-state index is -0.227. The lowest BCUT2D eigenvalue weighted by Crippen LogP contribution is -2.50. The number of amides is 2. The van der Waals surface area contributed by atoms with E-state index in [1.807, 2.05) is 4.90 Å². The third kappa shape index (κ3) is 2.66. The summed E-state index contributed by atoms with van der Waals surface area (Å²) in [6, 6.07) is 0. The number of nitrogens with two attached hydrogens (primary N) is 1. The van der Waals surface area contributed by atoms with Crippen molar-refractivity contribution in [3.63, 3.8) is 0 Å². The average molecular weight is 253 g/mol. The van der Waals surface area contributed by atoms with Gasteiger partial charge in [0.05, 0.1) is 0 Å². The maximum atomic E-state index is 12.5. The Morgan fingerprint density at radius 2 is 1.78 bits per heavy atom. The molecule has 2 aliphatic heterocycles. The van der Waals surface area contributed by atoms with E-state index in [-0.39, 0.29) is 23.1 Å². The monoisotopic (exact) mass is 253 g/mol. The van der Waals surface area contributed by atoms with E-state index in [9.17, 15) is 9.59 Å². The number of hydrogen-bond donors (Lipinski definition) is 2. The normalized spacial score (nSPS) is 24.8. The zero-order valence-corrected chi connectivity index (χ0v) is 11.1. The smallest absolute Gasteiger partial charge is 0.228 e. The van der Waals surface area contributed by atoms with Crippen LogP contribution in [0.25, 0.3) is 0 Å². The quantitative estimate of drug-likeness (QED) is 0.733. The topological polar surface area (TPSA) is 75.4 Å². The van der Waals surface area contributed by atoms with Gasteiger partial charge in [-0.15, -0.1) is 0 Å². The first-order chi connectivity index (χ1) is 8.53. The Hall–Kier alpha value is -1.10. The maximum Gasteiger partial charge on any atom is 0.228 e. The fourth-order valence-corrected chi connectivity index (χ4v) is 2.94. The number of carbonyl (C=O) groups is 2. The number of likely N-dealkylation sites (tertiary alicyclic amines) is 1. The molecule has 0 atom stereocenters. The van der Waals surface area contributed by atoms with E-state index >= 15 is 0 Å². The largest absolute Gasteiger partial charge is 0.369 e. The number of carbonyl (C=O) groups excluding carboxylic acids is 2. The van der Waals surface area contributed by atoms with Crippen LogP contribution in [0.5, 0.6) is 0 Å². The molecular formula is C13H23N3O2. The van der Waals surface area contributed by atoms with Crippen LogP contribution in [-0.2, 0) is 9.59 Å². The van der Waals surface area contributed by atoms with Gasteiger partial charge in [-0.25, -0.2) is 0 Å². The highest BCUT2D eigenvalue weighted by Crippen LogP contribution is 2.32. The summed E-state index contributed by atoms with van der Waals surface area (Å²) < 4.78 is 0. The molecule has 0 aromatic rings. The fraction of sp³-hybridized carbons (Fsp3) is 0.846. The van der Waals surface area contributed by atoms with Gasteiger partial charge >= 0.3 is 0 Å². The molecule has 2 rings (SSSR count). The summed E-state index contributed by atoms with van der Waals surface area (Å²) in [4.78, 5) is 25.6. The van der Waals surface area contributed by atoms with Crippen LogP contribution in [0.4, 0.5) is 0 Å². The van der Waals surface area contributed by atoms with Gasteiger partial charge in [-0.2, -0.15) is 0 Å². The molecule has 3 N–H and O–H groups in total. The molecule has 0 aliphatic carbocycles. The minimum absolute atomic E-state index is 0.0464. The van der Waals surface area contributed by atoms with Crippen LogP contribution < -0.4 is 11.1 Å². The van der Waals surface area contributed by atoms with Crippen LogP contribution in [0.2, 0.25) is 0 Å². The molecule has 18 heavy (non-hydrogen) atoms. The van der Waals surface area contributed by atoms with Crippen molar-refractivity contribution < 1.29 is 9.59 Å². The first-order valence-electron chi connectivity index (χ1n) is 6.82. The van der Waals surface area contributed by atoms with Gasteiger partial charge in [0.2, 0.25) is 11.8 Å². The summed E-state index contributed by atoms with van der Waals surface area (Å²) in [5, 5.41) is 3.29. The second-order valence-corrected chi connectivity index (χ2v) is 5.78. The fourth-order valence-electron chi connectivity index (χ4n) is 2.94. The molecule has 2 amide bonds. The van der Waals surface area contributed by atoms with Crippen LogP contribution in [0.3, 0.4) is 0 Å². The van der Waals surface area contributed by atoms with Crippen LogP contribution in [0, 0.1) is 11.3 Å². The van der Waals surface area contributed by atoms with Crippen molar-refractivity contribution in [1.29, 1.82) is 0 Å². The third-order valence-electron chi connectivity index (χ3n) is 4.41. The van der Waals surface area contributed by atoms with E-state index in [0.717, 1.165) is 38.8 Å². The molecule has 0 unspecified atom stereocenters. The summed E-state index contributed by atoms with van der Waals surface area (Å²) in [6.45, 7) is 5.25. The lowest BCUT2D eigenvalue weighted by atomic mass is 9.79. The second kappa shape index (κ2) is 5.26. The molecular weight excluding hydrogens is 230 g/mol. The SMILES string of the molecule is CC1(C(=O)N2CCC(C(N)=O)CC2)CCNCC1. The molecule has 2 heterocycles. The average Bonchev–Trinajstić information content (AvgIpc) is 2.39. The van der Waals surface area contributed by atoms with Gasteiger partial charge in [-0.1, -0.05) is 6.92 Å². The van der Waals surface area contributed by atoms with Gasteiger partial charge < -0.3 is 16.0 Å². The van der Waals surface area contributed by atoms with E-state index in [0.29, 0.717) is 13.1 Å². The second-order valence-electron chi connectivity index (χ2n) is 5.78. The predicted octanol–water partition coefficient (Wildman–Crippen LogP) is 0.100. The lowest BCUT2D eigenvalue weighted by molar-refractivity contribution is -0.145. The van der Waals surface area contributed by atoms with Gasteiger partial charge in [0, 0.05) is 24.4 Å². The summed E-state index contributed by atoms with van der Waals surface area (Å²) in [5.41, 5.74) is 5.09. The Labute approximate surface area is 108 Å². The standard InChI is InChI=1S/C13H23N3O2/c1-13(4-6-15-7-5-13)12(18)16-8-2-10(3-9-16)11(14)17/h10,15H,2-9H2,1H3,(H2,14,17). The number of hydrogen-bond acceptors (Lipinski definition) is 3. The zero-order chi connectivity index (χ0) is 13.2. The van der Waals surface area contributed by atoms with E-state index in [1.165, 1.54) is 0 Å². The summed E-state index contributed by atoms with van der Waals surface area (Å²) >= 11 is 0. The summed E-state index contributed by atoms with van der Waals surface area (Å²) in [6.07, 6.45) is 3.24. The van der Waals surface area contributed by atoms with Crippen molar-refractivity contribution in [3.05, 3.63) is 0 Å². The Bertz CT molecular complexity index is 329. The van der Waals surface area contributed by atoms with E-state index < -0.39 is 0 Å². The molecule has 0 aromatic carbocycles. The number of primary amides is 1. The predicted molar refractivity (Wildman–Crippen MR) is 68.7 cm³/mol. The van der Waals surface area contributed by atoms with E-state index in [2.05, 4.69) is 12.2 Å². The van der Waals surface area contributed by atoms with E-state index in [1.54, 1.807) is 0 Å². The molecule has 5 nitrogen and oxygen atoms in total. The van der Waals surface area contributed by atoms with Crippen molar-refractivity contribution in [2.24, 2.45) is 17.1 Å². The minimum Gasteiger partial charge on any atom is -0.369 e. The van der Waals surface area contributed by atoms with Crippen molar-refractivity contribution in [2.45, 2.75) is 32.6 Å². The highest BCUT2D eigenvalue weighted by atomic mass is 16.2. The highest BCUT2D eigenvalue weighted by molar-refractivity contribution is 5.83. The molecule has 0 spiro atoms. The van der Waals surface area contributed by atoms with Crippen molar-refractivity contribution in [3.8, 4) is 0 Å². The summed E-state index contributed by atoms with van der Waals surface area (Å²) in [7, 11) is 0. The molecule has 0 saturated carbocycles. The van der Waals surface area contributed by atoms with Crippen LogP contribution in [0.1, 0.15) is 32.6 Å². The Kier molecular flexibility index (Phi) is 3.90. The van der Waals surface area contributed by atoms with Crippen LogP contribution in [0.15, 0.2) is 0 Å². The Morgan fingerprint density at radius 1 is 1.22 bits per heavy atom. The van der Waals surface area contributed by atoms with Crippen molar-refractivity contribution in [2.75, 3.05) is 26.2 Å². The molecule has 2 aliphatic rings. The molecule has 5 heteroatoms. The highest BCUT2D eigenvalue weighted by Gasteiger charge is 2.39. The van der Waals surface area contributed by atoms with Crippen LogP contribution >= 0.6 is 0 Å². The zero-order valence-electron chi connectivity index (χ0n) is 11.1. The lowest BCUT2D eigenvalue weighted by Gasteiger charge is -2.40. The van der Waals surface area contributed by atoms with E-state index in [4.69, 9.17) is 5.73 Å². The number of nitrogens with zero attached hydrogens (tertiary/aromatic N) is 1. The molecule has 0 aromatic heterocycles. The molecule has 0 radical (unpaired) electrons. The first kappa shape index (κ1) is 13.3.